The average molecular weight is 139 g/mol. The summed E-state index contributed by atoms with van der Waals surface area (Å²) in [6.45, 7) is 5.88. The zero-order valence-corrected chi connectivity index (χ0v) is 7.10. The van der Waals surface area contributed by atoms with Crippen molar-refractivity contribution in [2.24, 2.45) is 0 Å². The summed E-state index contributed by atoms with van der Waals surface area (Å²) in [7, 11) is 0. The van der Waals surface area contributed by atoms with Crippen molar-refractivity contribution < 1.29 is 0 Å². The highest BCUT2D eigenvalue weighted by molar-refractivity contribution is 4.76. The largest absolute Gasteiger partial charge is 0.0917 e. The molecule has 0 amide bonds. The maximum absolute atomic E-state index is 3.81. The molecule has 0 aromatic rings. The Kier molecular flexibility index (Phi) is 8.51. The molecule has 0 heteroatoms. The minimum absolute atomic E-state index is 1.10. The van der Waals surface area contributed by atoms with Crippen LogP contribution in [0.5, 0.6) is 0 Å². The van der Waals surface area contributed by atoms with E-state index in [1.54, 1.807) is 0 Å². The Hall–Kier alpha value is -0.260. The molecular weight excluding hydrogens is 120 g/mol. The van der Waals surface area contributed by atoms with Gasteiger partial charge in [-0.1, -0.05) is 44.8 Å². The molecule has 0 aromatic carbocycles. The highest BCUT2D eigenvalue weighted by atomic mass is 13.9. The normalized spacial score (nSPS) is 11.0. The fourth-order valence-corrected chi connectivity index (χ4v) is 0.959. The molecule has 0 bridgehead atoms. The van der Waals surface area contributed by atoms with Crippen LogP contribution in [0.15, 0.2) is 12.2 Å². The molecule has 0 aromatic heterocycles. The molecule has 0 spiro atoms. The van der Waals surface area contributed by atoms with Crippen LogP contribution in [0.4, 0.5) is 0 Å². The molecule has 0 aliphatic rings. The van der Waals surface area contributed by atoms with Crippen LogP contribution in [-0.4, -0.2) is 0 Å². The van der Waals surface area contributed by atoms with Crippen molar-refractivity contribution in [3.8, 4) is 0 Å². The second-order valence-corrected chi connectivity index (χ2v) is 2.63. The van der Waals surface area contributed by atoms with E-state index >= 15 is 0 Å². The zero-order chi connectivity index (χ0) is 7.66. The Morgan fingerprint density at radius 1 is 1.10 bits per heavy atom. The Labute approximate surface area is 65.3 Å². The number of rotatable bonds is 6. The van der Waals surface area contributed by atoms with E-state index in [1.807, 2.05) is 0 Å². The van der Waals surface area contributed by atoms with E-state index in [-0.39, 0.29) is 0 Å². The van der Waals surface area contributed by atoms with E-state index in [0.29, 0.717) is 0 Å². The Bertz CT molecular complexity index is 72.1. The molecule has 1 radical (unpaired) electrons. The summed E-state index contributed by atoms with van der Waals surface area (Å²) in [5.74, 6) is 0. The fraction of sp³-hybridized carbons (Fsp3) is 0.700. The van der Waals surface area contributed by atoms with Crippen molar-refractivity contribution in [1.82, 2.24) is 0 Å². The van der Waals surface area contributed by atoms with Crippen LogP contribution in [0.25, 0.3) is 0 Å². The van der Waals surface area contributed by atoms with Crippen molar-refractivity contribution in [2.45, 2.75) is 45.4 Å². The van der Waals surface area contributed by atoms with Crippen LogP contribution >= 0.6 is 0 Å². The molecule has 0 heterocycles. The summed E-state index contributed by atoms with van der Waals surface area (Å²) in [4.78, 5) is 0. The minimum Gasteiger partial charge on any atom is -0.0917 e. The lowest BCUT2D eigenvalue weighted by Crippen LogP contribution is -1.75. The number of hydrogen-bond acceptors (Lipinski definition) is 0. The first kappa shape index (κ1) is 9.74. The lowest BCUT2D eigenvalue weighted by molar-refractivity contribution is 0.651. The third kappa shape index (κ3) is 7.74. The molecule has 0 aliphatic carbocycles. The van der Waals surface area contributed by atoms with Gasteiger partial charge in [-0.15, -0.1) is 0 Å². The van der Waals surface area contributed by atoms with Gasteiger partial charge in [0, 0.05) is 0 Å². The van der Waals surface area contributed by atoms with E-state index in [9.17, 15) is 0 Å². The Morgan fingerprint density at radius 3 is 2.40 bits per heavy atom. The van der Waals surface area contributed by atoms with Crippen molar-refractivity contribution in [1.29, 1.82) is 0 Å². The second-order valence-electron chi connectivity index (χ2n) is 2.63. The summed E-state index contributed by atoms with van der Waals surface area (Å²) in [6.07, 6.45) is 12.1. The minimum atomic E-state index is 1.10. The van der Waals surface area contributed by atoms with Crippen molar-refractivity contribution in [3.63, 3.8) is 0 Å². The van der Waals surface area contributed by atoms with Gasteiger partial charge in [-0.25, -0.2) is 0 Å². The summed E-state index contributed by atoms with van der Waals surface area (Å²) in [6, 6.07) is 0. The van der Waals surface area contributed by atoms with Gasteiger partial charge in [-0.2, -0.15) is 0 Å². The van der Waals surface area contributed by atoms with Gasteiger partial charge >= 0.3 is 0 Å². The topological polar surface area (TPSA) is 0 Å². The standard InChI is InChI=1S/C10H19/c1-3-5-7-9-10-8-6-4-2/h4,6H,1,3,5,7-10H2,2H3. The van der Waals surface area contributed by atoms with E-state index in [0.717, 1.165) is 6.42 Å². The number of allylic oxidation sites excluding steroid dienone is 2. The third-order valence-corrected chi connectivity index (χ3v) is 1.61. The third-order valence-electron chi connectivity index (χ3n) is 1.61. The monoisotopic (exact) mass is 139 g/mol. The molecule has 0 nitrogen and oxygen atoms in total. The molecule has 0 N–H and O–H groups in total. The van der Waals surface area contributed by atoms with Crippen LogP contribution in [0.3, 0.4) is 0 Å². The van der Waals surface area contributed by atoms with E-state index in [1.165, 1.54) is 32.1 Å². The maximum atomic E-state index is 3.81. The summed E-state index contributed by atoms with van der Waals surface area (Å²) in [5, 5.41) is 0. The summed E-state index contributed by atoms with van der Waals surface area (Å²) >= 11 is 0. The smallest absolute Gasteiger partial charge is 0.0351 e. The molecule has 0 rings (SSSR count). The predicted octanol–water partition coefficient (Wildman–Crippen LogP) is 3.74. The quantitative estimate of drug-likeness (QED) is 0.388. The molecule has 0 fully saturated rings. The van der Waals surface area contributed by atoms with Crippen LogP contribution in [0.2, 0.25) is 0 Å². The molecule has 0 saturated carbocycles. The number of hydrogen-bond donors (Lipinski definition) is 0. The fourth-order valence-electron chi connectivity index (χ4n) is 0.959. The SMILES string of the molecule is [CH2]CCCCCCC=CC. The molecule has 0 saturated heterocycles. The number of unbranched alkanes of at least 4 members (excludes halogenated alkanes) is 5. The molecule has 0 aliphatic heterocycles. The maximum Gasteiger partial charge on any atom is -0.0351 e. The lowest BCUT2D eigenvalue weighted by Gasteiger charge is -1.94. The summed E-state index contributed by atoms with van der Waals surface area (Å²) in [5.41, 5.74) is 0. The van der Waals surface area contributed by atoms with Crippen LogP contribution in [0.1, 0.15) is 45.4 Å². The molecule has 59 valence electrons. The van der Waals surface area contributed by atoms with Gasteiger partial charge in [0.15, 0.2) is 0 Å². The van der Waals surface area contributed by atoms with Gasteiger partial charge in [-0.3, -0.25) is 0 Å². The molecule has 0 unspecified atom stereocenters. The van der Waals surface area contributed by atoms with E-state index in [4.69, 9.17) is 0 Å². The van der Waals surface area contributed by atoms with Crippen molar-refractivity contribution in [3.05, 3.63) is 19.1 Å². The van der Waals surface area contributed by atoms with Crippen LogP contribution < -0.4 is 0 Å². The van der Waals surface area contributed by atoms with Crippen molar-refractivity contribution in [2.75, 3.05) is 0 Å². The molecule has 10 heavy (non-hydrogen) atoms. The van der Waals surface area contributed by atoms with Gasteiger partial charge in [-0.05, 0) is 19.8 Å². The van der Waals surface area contributed by atoms with Crippen molar-refractivity contribution >= 4 is 0 Å². The van der Waals surface area contributed by atoms with Crippen LogP contribution in [-0.2, 0) is 0 Å². The predicted molar refractivity (Wildman–Crippen MR) is 47.9 cm³/mol. The van der Waals surface area contributed by atoms with Gasteiger partial charge in [0.1, 0.15) is 0 Å². The van der Waals surface area contributed by atoms with Gasteiger partial charge in [0.25, 0.3) is 0 Å². The second kappa shape index (κ2) is 8.74. The first-order valence-electron chi connectivity index (χ1n) is 4.32. The highest BCUT2D eigenvalue weighted by Crippen LogP contribution is 2.04. The summed E-state index contributed by atoms with van der Waals surface area (Å²) < 4.78 is 0. The first-order valence-corrected chi connectivity index (χ1v) is 4.32. The lowest BCUT2D eigenvalue weighted by atomic mass is 10.1. The van der Waals surface area contributed by atoms with Gasteiger partial charge in [0.05, 0.1) is 0 Å². The van der Waals surface area contributed by atoms with E-state index < -0.39 is 0 Å². The Balaban J connectivity index is 2.77. The Morgan fingerprint density at radius 2 is 1.80 bits per heavy atom. The average Bonchev–Trinajstić information content (AvgIpc) is 1.97. The van der Waals surface area contributed by atoms with Gasteiger partial charge in [0.2, 0.25) is 0 Å². The first-order chi connectivity index (χ1) is 4.91. The zero-order valence-electron chi connectivity index (χ0n) is 7.10. The molecule has 0 atom stereocenters. The van der Waals surface area contributed by atoms with Crippen LogP contribution in [0, 0.1) is 6.92 Å². The van der Waals surface area contributed by atoms with Gasteiger partial charge < -0.3 is 0 Å². The molecular formula is C10H19. The highest BCUT2D eigenvalue weighted by Gasteiger charge is 1.85. The van der Waals surface area contributed by atoms with E-state index in [2.05, 4.69) is 26.0 Å².